The van der Waals surface area contributed by atoms with Gasteiger partial charge in [0.15, 0.2) is 0 Å². The van der Waals surface area contributed by atoms with E-state index in [9.17, 15) is 23.1 Å². The van der Waals surface area contributed by atoms with Crippen LogP contribution in [0.1, 0.15) is 20.3 Å². The molecule has 4 heterocycles. The van der Waals surface area contributed by atoms with E-state index in [0.717, 1.165) is 8.87 Å². The largest absolute Gasteiger partial charge is 0.510 e. The predicted octanol–water partition coefficient (Wildman–Crippen LogP) is 3.23. The second kappa shape index (κ2) is 9.44. The Morgan fingerprint density at radius 1 is 1.18 bits per heavy atom. The van der Waals surface area contributed by atoms with Crippen LogP contribution in [0.4, 0.5) is 0 Å². The van der Waals surface area contributed by atoms with Gasteiger partial charge in [-0.15, -0.1) is 0 Å². The van der Waals surface area contributed by atoms with Crippen LogP contribution in [0.5, 0.6) is 5.75 Å². The quantitative estimate of drug-likeness (QED) is 0.454. The molecule has 5 rings (SSSR count). The Labute approximate surface area is 223 Å². The summed E-state index contributed by atoms with van der Waals surface area (Å²) in [6.07, 6.45) is 6.50. The molecule has 13 heteroatoms. The maximum absolute atomic E-state index is 13.6. The van der Waals surface area contributed by atoms with Crippen LogP contribution in [0.15, 0.2) is 68.8 Å². The third kappa shape index (κ3) is 4.00. The fourth-order valence-electron chi connectivity index (χ4n) is 4.58. The van der Waals surface area contributed by atoms with Crippen molar-refractivity contribution in [1.82, 2.24) is 23.3 Å². The van der Waals surface area contributed by atoms with Gasteiger partial charge in [0, 0.05) is 43.8 Å². The number of nitrogens with zero attached hydrogens (tertiary/aromatic N) is 4. The molecule has 11 nitrogen and oxygen atoms in total. The molecule has 3 aromatic rings. The second-order valence-corrected chi connectivity index (χ2v) is 11.1. The Bertz CT molecular complexity index is 1780. The lowest BCUT2D eigenvalue weighted by molar-refractivity contribution is 0.341. The molecule has 38 heavy (non-hydrogen) atoms. The van der Waals surface area contributed by atoms with Crippen molar-refractivity contribution < 1.29 is 18.3 Å². The number of hydrogen-bond donors (Lipinski definition) is 2. The number of fused-ring (bicyclic) bond motifs is 2. The Morgan fingerprint density at radius 3 is 2.66 bits per heavy atom. The first kappa shape index (κ1) is 25.7. The fourth-order valence-corrected chi connectivity index (χ4v) is 6.13. The minimum atomic E-state index is -4.06. The number of benzene rings is 1. The molecular formula is C25H26ClN5O6S. The molecule has 2 aromatic heterocycles. The van der Waals surface area contributed by atoms with Crippen LogP contribution in [-0.2, 0) is 23.6 Å². The van der Waals surface area contributed by atoms with E-state index < -0.39 is 21.3 Å². The van der Waals surface area contributed by atoms with Gasteiger partial charge in [-0.3, -0.25) is 13.9 Å². The van der Waals surface area contributed by atoms with Crippen LogP contribution in [-0.4, -0.2) is 50.0 Å². The highest BCUT2D eigenvalue weighted by molar-refractivity contribution is 7.89. The molecule has 0 amide bonds. The smallest absolute Gasteiger partial charge is 0.331 e. The van der Waals surface area contributed by atoms with Gasteiger partial charge in [0.05, 0.1) is 40.0 Å². The Kier molecular flexibility index (Phi) is 6.40. The van der Waals surface area contributed by atoms with Gasteiger partial charge in [-0.2, -0.15) is 0 Å². The summed E-state index contributed by atoms with van der Waals surface area (Å²) in [6.45, 7) is 4.59. The average Bonchev–Trinajstić information content (AvgIpc) is 3.44. The summed E-state index contributed by atoms with van der Waals surface area (Å²) >= 11 is 6.78. The summed E-state index contributed by atoms with van der Waals surface area (Å²) in [5.41, 5.74) is 0.455. The van der Waals surface area contributed by atoms with Crippen molar-refractivity contribution in [3.8, 4) is 17.0 Å². The molecular weight excluding hydrogens is 534 g/mol. The highest BCUT2D eigenvalue weighted by Gasteiger charge is 2.29. The SMILES string of the molecule is CCCn1c(=O)n(C)c(=O)c2[nH]c(-c3cc(S(=O)(=O)N4C=CN5CC(O)=CC5=C4)ccc3OCC)c(Cl)c21. The molecule has 0 radical (unpaired) electrons. The van der Waals surface area contributed by atoms with Crippen molar-refractivity contribution in [3.05, 3.63) is 80.2 Å². The zero-order chi connectivity index (χ0) is 27.4. The summed E-state index contributed by atoms with van der Waals surface area (Å²) in [5, 5.41) is 9.92. The molecule has 1 aromatic carbocycles. The zero-order valence-electron chi connectivity index (χ0n) is 20.9. The van der Waals surface area contributed by atoms with E-state index in [1.54, 1.807) is 18.0 Å². The molecule has 200 valence electrons. The van der Waals surface area contributed by atoms with E-state index >= 15 is 0 Å². The zero-order valence-corrected chi connectivity index (χ0v) is 22.5. The van der Waals surface area contributed by atoms with Gasteiger partial charge in [-0.1, -0.05) is 18.5 Å². The van der Waals surface area contributed by atoms with Crippen LogP contribution in [0.3, 0.4) is 0 Å². The average molecular weight is 560 g/mol. The number of rotatable bonds is 7. The summed E-state index contributed by atoms with van der Waals surface area (Å²) < 4.78 is 36.5. The van der Waals surface area contributed by atoms with E-state index in [4.69, 9.17) is 16.3 Å². The maximum Gasteiger partial charge on any atom is 0.331 e. The molecule has 2 aliphatic rings. The van der Waals surface area contributed by atoms with Crippen LogP contribution >= 0.6 is 11.6 Å². The topological polar surface area (TPSA) is 130 Å². The van der Waals surface area contributed by atoms with Gasteiger partial charge in [-0.25, -0.2) is 17.5 Å². The van der Waals surface area contributed by atoms with Crippen molar-refractivity contribution >= 4 is 32.7 Å². The second-order valence-electron chi connectivity index (χ2n) is 8.88. The summed E-state index contributed by atoms with van der Waals surface area (Å²) in [6, 6.07) is 4.37. The number of aromatic nitrogens is 3. The summed E-state index contributed by atoms with van der Waals surface area (Å²) in [7, 11) is -2.67. The molecule has 0 fully saturated rings. The number of ether oxygens (including phenoxy) is 1. The molecule has 0 aliphatic carbocycles. The Hall–Kier alpha value is -3.90. The standard InChI is InChI=1S/C25H26ClN5O6S/c1-4-8-31-23-20(26)21(27-22(23)24(33)28(3)25(31)34)18-12-17(6-7-19(18)37-5-2)38(35,36)30-10-9-29-14-16(32)11-15(29)13-30/h6-7,9-13,27,32H,4-5,8,14H2,1-3H3. The fraction of sp³-hybridized carbons (Fsp3) is 0.280. The third-order valence-electron chi connectivity index (χ3n) is 6.39. The van der Waals surface area contributed by atoms with Crippen molar-refractivity contribution in [1.29, 1.82) is 0 Å². The van der Waals surface area contributed by atoms with Crippen LogP contribution in [0.25, 0.3) is 22.3 Å². The first-order valence-corrected chi connectivity index (χ1v) is 13.8. The van der Waals surface area contributed by atoms with Gasteiger partial charge < -0.3 is 19.7 Å². The highest BCUT2D eigenvalue weighted by Crippen LogP contribution is 2.40. The highest BCUT2D eigenvalue weighted by atomic mass is 35.5. The summed E-state index contributed by atoms with van der Waals surface area (Å²) in [5.74, 6) is 0.480. The molecule has 0 atom stereocenters. The third-order valence-corrected chi connectivity index (χ3v) is 8.39. The number of allylic oxidation sites excluding steroid dienone is 1. The number of aliphatic hydroxyl groups is 1. The number of hydrogen-bond acceptors (Lipinski definition) is 7. The van der Waals surface area contributed by atoms with E-state index in [2.05, 4.69) is 4.98 Å². The molecule has 0 bridgehead atoms. The van der Waals surface area contributed by atoms with Crippen molar-refractivity contribution in [2.75, 3.05) is 13.2 Å². The normalized spacial score (nSPS) is 15.2. The van der Waals surface area contributed by atoms with E-state index in [0.29, 0.717) is 36.6 Å². The first-order chi connectivity index (χ1) is 18.1. The molecule has 2 N–H and O–H groups in total. The minimum Gasteiger partial charge on any atom is -0.510 e. The number of halogens is 1. The van der Waals surface area contributed by atoms with Crippen molar-refractivity contribution in [2.45, 2.75) is 31.7 Å². The molecule has 0 saturated carbocycles. The van der Waals surface area contributed by atoms with Crippen molar-refractivity contribution in [2.24, 2.45) is 7.05 Å². The van der Waals surface area contributed by atoms with Gasteiger partial charge in [0.1, 0.15) is 17.0 Å². The van der Waals surface area contributed by atoms with Crippen molar-refractivity contribution in [3.63, 3.8) is 0 Å². The summed E-state index contributed by atoms with van der Waals surface area (Å²) in [4.78, 5) is 30.5. The molecule has 0 saturated heterocycles. The predicted molar refractivity (Wildman–Crippen MR) is 143 cm³/mol. The van der Waals surface area contributed by atoms with Crippen LogP contribution < -0.4 is 16.0 Å². The lowest BCUT2D eigenvalue weighted by Gasteiger charge is -2.25. The monoisotopic (exact) mass is 559 g/mol. The lowest BCUT2D eigenvalue weighted by Crippen LogP contribution is -2.38. The van der Waals surface area contributed by atoms with Gasteiger partial charge in [0.2, 0.25) is 0 Å². The number of aromatic amines is 1. The van der Waals surface area contributed by atoms with E-state index in [-0.39, 0.29) is 38.9 Å². The van der Waals surface area contributed by atoms with Crippen LogP contribution in [0.2, 0.25) is 5.02 Å². The van der Waals surface area contributed by atoms with Gasteiger partial charge in [-0.05, 0) is 31.5 Å². The van der Waals surface area contributed by atoms with Gasteiger partial charge in [0.25, 0.3) is 15.6 Å². The molecule has 2 aliphatic heterocycles. The maximum atomic E-state index is 13.6. The molecule has 0 spiro atoms. The van der Waals surface area contributed by atoms with Gasteiger partial charge >= 0.3 is 5.69 Å². The first-order valence-electron chi connectivity index (χ1n) is 12.0. The minimum absolute atomic E-state index is 0.0503. The number of nitrogens with one attached hydrogen (secondary N) is 1. The number of H-pyrrole nitrogens is 1. The van der Waals surface area contributed by atoms with Crippen LogP contribution in [0, 0.1) is 0 Å². The lowest BCUT2D eigenvalue weighted by atomic mass is 10.1. The van der Waals surface area contributed by atoms with E-state index in [1.807, 2.05) is 6.92 Å². The molecule has 0 unspecified atom stereocenters. The number of aryl methyl sites for hydroxylation is 1. The Morgan fingerprint density at radius 2 is 1.95 bits per heavy atom. The number of aliphatic hydroxyl groups excluding tert-OH is 1. The Balaban J connectivity index is 1.70. The number of sulfonamides is 1. The van der Waals surface area contributed by atoms with E-state index in [1.165, 1.54) is 48.3 Å².